The highest BCUT2D eigenvalue weighted by Gasteiger charge is 2.48. The second-order valence-electron chi connectivity index (χ2n) is 5.32. The fourth-order valence-corrected chi connectivity index (χ4v) is 2.70. The van der Waals surface area contributed by atoms with Crippen molar-refractivity contribution < 1.29 is 19.5 Å². The summed E-state index contributed by atoms with van der Waals surface area (Å²) in [5.74, 6) is -1.36. The minimum Gasteiger partial charge on any atom is -0.476 e. The van der Waals surface area contributed by atoms with Crippen molar-refractivity contribution in [1.29, 1.82) is 0 Å². The molecule has 1 N–H and O–H groups in total. The zero-order valence-corrected chi connectivity index (χ0v) is 12.2. The molecule has 1 aliphatic heterocycles. The fraction of sp³-hybridized carbons (Fsp3) is 0.571. The predicted octanol–water partition coefficient (Wildman–Crippen LogP) is 1.15. The third-order valence-electron chi connectivity index (χ3n) is 4.28. The third-order valence-corrected chi connectivity index (χ3v) is 4.28. The van der Waals surface area contributed by atoms with Crippen molar-refractivity contribution in [3.8, 4) is 0 Å². The van der Waals surface area contributed by atoms with Gasteiger partial charge in [-0.1, -0.05) is 13.8 Å². The first-order chi connectivity index (χ1) is 9.93. The van der Waals surface area contributed by atoms with E-state index in [1.807, 2.05) is 13.8 Å². The Hall–Kier alpha value is -2.18. The summed E-state index contributed by atoms with van der Waals surface area (Å²) in [6.45, 7) is 4.44. The van der Waals surface area contributed by atoms with Crippen molar-refractivity contribution in [2.75, 3.05) is 6.54 Å². The quantitative estimate of drug-likeness (QED) is 0.794. The van der Waals surface area contributed by atoms with E-state index in [2.05, 4.69) is 4.98 Å². The summed E-state index contributed by atoms with van der Waals surface area (Å²) < 4.78 is 1.57. The van der Waals surface area contributed by atoms with Gasteiger partial charge in [-0.05, 0) is 12.8 Å². The van der Waals surface area contributed by atoms with E-state index in [0.717, 1.165) is 0 Å². The Kier molecular flexibility index (Phi) is 4.11. The fourth-order valence-electron chi connectivity index (χ4n) is 2.70. The summed E-state index contributed by atoms with van der Waals surface area (Å²) in [6, 6.07) is 0. The number of aromatic carboxylic acids is 1. The molecule has 1 aliphatic rings. The first kappa shape index (κ1) is 15.2. The number of imidazole rings is 1. The van der Waals surface area contributed by atoms with Gasteiger partial charge in [-0.3, -0.25) is 14.5 Å². The van der Waals surface area contributed by atoms with Gasteiger partial charge in [0.2, 0.25) is 11.8 Å². The van der Waals surface area contributed by atoms with Crippen molar-refractivity contribution in [2.45, 2.75) is 39.7 Å². The molecule has 1 aromatic heterocycles. The van der Waals surface area contributed by atoms with E-state index in [-0.39, 0.29) is 30.5 Å². The number of carbonyl (C=O) groups excluding carboxylic acids is 2. The van der Waals surface area contributed by atoms with E-state index in [1.165, 1.54) is 17.4 Å². The second-order valence-corrected chi connectivity index (χ2v) is 5.32. The summed E-state index contributed by atoms with van der Waals surface area (Å²) in [4.78, 5) is 40.2. The van der Waals surface area contributed by atoms with Crippen LogP contribution in [0.25, 0.3) is 0 Å². The lowest BCUT2D eigenvalue weighted by molar-refractivity contribution is -0.141. The molecule has 1 fully saturated rings. The van der Waals surface area contributed by atoms with Crippen LogP contribution >= 0.6 is 0 Å². The van der Waals surface area contributed by atoms with Crippen LogP contribution in [0.1, 0.15) is 43.6 Å². The average molecular weight is 293 g/mol. The molecule has 0 radical (unpaired) electrons. The minimum atomic E-state index is -1.10. The molecule has 0 spiro atoms. The van der Waals surface area contributed by atoms with Crippen molar-refractivity contribution >= 4 is 17.8 Å². The number of rotatable bonds is 6. The lowest BCUT2D eigenvalue weighted by atomic mass is 9.81. The number of imide groups is 1. The van der Waals surface area contributed by atoms with Crippen molar-refractivity contribution in [3.05, 3.63) is 18.2 Å². The van der Waals surface area contributed by atoms with Crippen LogP contribution in [0, 0.1) is 5.41 Å². The summed E-state index contributed by atoms with van der Waals surface area (Å²) >= 11 is 0. The van der Waals surface area contributed by atoms with Gasteiger partial charge >= 0.3 is 5.97 Å². The average Bonchev–Trinajstić information content (AvgIpc) is 3.01. The van der Waals surface area contributed by atoms with Crippen molar-refractivity contribution in [1.82, 2.24) is 14.5 Å². The largest absolute Gasteiger partial charge is 0.476 e. The topological polar surface area (TPSA) is 92.5 Å². The molecule has 7 heteroatoms. The Morgan fingerprint density at radius 1 is 1.33 bits per heavy atom. The van der Waals surface area contributed by atoms with Crippen LogP contribution in [0.4, 0.5) is 0 Å². The van der Waals surface area contributed by atoms with Crippen LogP contribution in [0.2, 0.25) is 0 Å². The van der Waals surface area contributed by atoms with Gasteiger partial charge < -0.3 is 9.67 Å². The number of likely N-dealkylation sites (tertiary alicyclic amines) is 1. The van der Waals surface area contributed by atoms with E-state index < -0.39 is 11.4 Å². The van der Waals surface area contributed by atoms with E-state index in [9.17, 15) is 14.4 Å². The van der Waals surface area contributed by atoms with Gasteiger partial charge in [0, 0.05) is 25.7 Å². The number of hydrogen-bond donors (Lipinski definition) is 1. The Labute approximate surface area is 122 Å². The molecular formula is C14H19N3O4. The van der Waals surface area contributed by atoms with Gasteiger partial charge in [0.05, 0.1) is 11.7 Å². The molecule has 0 aromatic carbocycles. The van der Waals surface area contributed by atoms with E-state index in [0.29, 0.717) is 19.4 Å². The third kappa shape index (κ3) is 2.68. The molecule has 114 valence electrons. The van der Waals surface area contributed by atoms with Crippen molar-refractivity contribution in [3.63, 3.8) is 0 Å². The van der Waals surface area contributed by atoms with Gasteiger partial charge in [-0.25, -0.2) is 9.78 Å². The number of hydrogen-bond acceptors (Lipinski definition) is 4. The SMILES string of the molecule is CCC1(CC)CC(=O)N(CCn2cnc(C(=O)O)c2)C1=O. The van der Waals surface area contributed by atoms with Crippen LogP contribution in [0.3, 0.4) is 0 Å². The number of nitrogens with zero attached hydrogens (tertiary/aromatic N) is 3. The highest BCUT2D eigenvalue weighted by atomic mass is 16.4. The number of amides is 2. The molecule has 7 nitrogen and oxygen atoms in total. The van der Waals surface area contributed by atoms with Gasteiger partial charge in [-0.2, -0.15) is 0 Å². The maximum Gasteiger partial charge on any atom is 0.356 e. The first-order valence-electron chi connectivity index (χ1n) is 7.03. The van der Waals surface area contributed by atoms with E-state index in [1.54, 1.807) is 4.57 Å². The van der Waals surface area contributed by atoms with Crippen LogP contribution in [0.15, 0.2) is 12.5 Å². The molecule has 2 heterocycles. The van der Waals surface area contributed by atoms with Crippen LogP contribution in [-0.2, 0) is 16.1 Å². The van der Waals surface area contributed by atoms with E-state index >= 15 is 0 Å². The van der Waals surface area contributed by atoms with E-state index in [4.69, 9.17) is 5.11 Å². The molecule has 2 amide bonds. The van der Waals surface area contributed by atoms with Gasteiger partial charge in [0.1, 0.15) is 0 Å². The molecule has 0 unspecified atom stereocenters. The Balaban J connectivity index is 2.04. The number of aromatic nitrogens is 2. The Morgan fingerprint density at radius 3 is 2.48 bits per heavy atom. The van der Waals surface area contributed by atoms with Gasteiger partial charge in [0.15, 0.2) is 5.69 Å². The summed E-state index contributed by atoms with van der Waals surface area (Å²) in [7, 11) is 0. The lowest BCUT2D eigenvalue weighted by Gasteiger charge is -2.23. The zero-order chi connectivity index (χ0) is 15.6. The lowest BCUT2D eigenvalue weighted by Crippen LogP contribution is -2.37. The maximum atomic E-state index is 12.4. The molecule has 0 aliphatic carbocycles. The summed E-state index contributed by atoms with van der Waals surface area (Å²) in [5.41, 5.74) is -0.608. The minimum absolute atomic E-state index is 0.0504. The molecule has 1 aromatic rings. The standard InChI is InChI=1S/C14H19N3O4/c1-3-14(4-2)7-11(18)17(13(14)21)6-5-16-8-10(12(19)20)15-9-16/h8-9H,3-7H2,1-2H3,(H,19,20). The highest BCUT2D eigenvalue weighted by molar-refractivity contribution is 6.05. The molecule has 1 saturated heterocycles. The van der Waals surface area contributed by atoms with Crippen LogP contribution < -0.4 is 0 Å². The molecular weight excluding hydrogens is 274 g/mol. The predicted molar refractivity (Wildman–Crippen MR) is 73.5 cm³/mol. The monoisotopic (exact) mass is 293 g/mol. The van der Waals surface area contributed by atoms with Gasteiger partial charge in [0.25, 0.3) is 0 Å². The smallest absolute Gasteiger partial charge is 0.356 e. The highest BCUT2D eigenvalue weighted by Crippen LogP contribution is 2.38. The van der Waals surface area contributed by atoms with Crippen LogP contribution in [0.5, 0.6) is 0 Å². The first-order valence-corrected chi connectivity index (χ1v) is 7.03. The molecule has 0 bridgehead atoms. The summed E-state index contributed by atoms with van der Waals surface area (Å²) in [5, 5.41) is 8.80. The van der Waals surface area contributed by atoms with Crippen molar-refractivity contribution in [2.24, 2.45) is 5.41 Å². The second kappa shape index (κ2) is 5.67. The molecule has 2 rings (SSSR count). The zero-order valence-electron chi connectivity index (χ0n) is 12.2. The Bertz CT molecular complexity index is 575. The maximum absolute atomic E-state index is 12.4. The Morgan fingerprint density at radius 2 is 2.00 bits per heavy atom. The van der Waals surface area contributed by atoms with Crippen LogP contribution in [-0.4, -0.2) is 43.9 Å². The normalized spacial score (nSPS) is 17.5. The molecule has 21 heavy (non-hydrogen) atoms. The number of carbonyl (C=O) groups is 3. The summed E-state index contributed by atoms with van der Waals surface area (Å²) in [6.07, 6.45) is 4.35. The van der Waals surface area contributed by atoms with Gasteiger partial charge in [-0.15, -0.1) is 0 Å². The number of carboxylic acids is 1. The molecule has 0 saturated carbocycles. The molecule has 0 atom stereocenters. The number of carboxylic acid groups (broad SMARTS) is 1.